The molecule has 0 spiro atoms. The smallest absolute Gasteiger partial charge is 0.0175 e. The molecular formula is C13H16S. The molecule has 0 amide bonds. The van der Waals surface area contributed by atoms with E-state index in [1.54, 1.807) is 11.8 Å². The highest BCUT2D eigenvalue weighted by molar-refractivity contribution is 8.10. The van der Waals surface area contributed by atoms with Crippen molar-refractivity contribution in [3.8, 4) is 0 Å². The lowest BCUT2D eigenvalue weighted by Crippen LogP contribution is -1.82. The van der Waals surface area contributed by atoms with Gasteiger partial charge in [-0.1, -0.05) is 53.7 Å². The fraction of sp³-hybridized carbons (Fsp3) is 0.231. The van der Waals surface area contributed by atoms with Gasteiger partial charge in [0, 0.05) is 4.91 Å². The van der Waals surface area contributed by atoms with Crippen LogP contribution in [-0.2, 0) is 0 Å². The monoisotopic (exact) mass is 204 g/mol. The molecule has 0 radical (unpaired) electrons. The molecule has 0 aliphatic heterocycles. The highest BCUT2D eigenvalue weighted by Crippen LogP contribution is 2.31. The first-order valence-electron chi connectivity index (χ1n) is 4.67. The lowest BCUT2D eigenvalue weighted by Gasteiger charge is -2.07. The molecule has 0 N–H and O–H groups in total. The third-order valence-corrected chi connectivity index (χ3v) is 3.02. The van der Waals surface area contributed by atoms with E-state index in [4.69, 9.17) is 0 Å². The van der Waals surface area contributed by atoms with Gasteiger partial charge < -0.3 is 0 Å². The average Bonchev–Trinajstić information content (AvgIpc) is 2.15. The van der Waals surface area contributed by atoms with E-state index in [0.717, 1.165) is 0 Å². The van der Waals surface area contributed by atoms with Crippen LogP contribution in [0.15, 0.2) is 41.8 Å². The SMILES string of the molecule is C=CSC(=C(C)C)c1ccc(C)cc1. The van der Waals surface area contributed by atoms with Gasteiger partial charge in [-0.25, -0.2) is 0 Å². The van der Waals surface area contributed by atoms with Crippen molar-refractivity contribution >= 4 is 16.7 Å². The number of benzene rings is 1. The molecule has 0 nitrogen and oxygen atoms in total. The normalized spacial score (nSPS) is 9.64. The van der Waals surface area contributed by atoms with Crippen molar-refractivity contribution in [1.82, 2.24) is 0 Å². The highest BCUT2D eigenvalue weighted by Gasteiger charge is 2.01. The number of hydrogen-bond donors (Lipinski definition) is 0. The van der Waals surface area contributed by atoms with Gasteiger partial charge in [-0.2, -0.15) is 0 Å². The molecule has 0 atom stereocenters. The minimum absolute atomic E-state index is 1.28. The van der Waals surface area contributed by atoms with E-state index >= 15 is 0 Å². The molecule has 1 aromatic rings. The van der Waals surface area contributed by atoms with E-state index in [1.807, 2.05) is 5.41 Å². The quantitative estimate of drug-likeness (QED) is 0.692. The zero-order valence-electron chi connectivity index (χ0n) is 9.00. The molecule has 0 aromatic heterocycles. The molecule has 0 aliphatic carbocycles. The third-order valence-electron chi connectivity index (χ3n) is 1.97. The average molecular weight is 204 g/mol. The van der Waals surface area contributed by atoms with E-state index in [1.165, 1.54) is 21.6 Å². The summed E-state index contributed by atoms with van der Waals surface area (Å²) in [6.45, 7) is 10.1. The Kier molecular flexibility index (Phi) is 4.02. The summed E-state index contributed by atoms with van der Waals surface area (Å²) in [4.78, 5) is 1.31. The van der Waals surface area contributed by atoms with E-state index in [-0.39, 0.29) is 0 Å². The summed E-state index contributed by atoms with van der Waals surface area (Å²) < 4.78 is 0. The second kappa shape index (κ2) is 5.06. The van der Waals surface area contributed by atoms with Crippen molar-refractivity contribution in [3.63, 3.8) is 0 Å². The molecule has 0 heterocycles. The number of aryl methyl sites for hydroxylation is 1. The molecule has 1 rings (SSSR count). The van der Waals surface area contributed by atoms with Crippen molar-refractivity contribution in [2.75, 3.05) is 0 Å². The zero-order chi connectivity index (χ0) is 10.6. The number of thioether (sulfide) groups is 1. The van der Waals surface area contributed by atoms with Crippen molar-refractivity contribution in [2.24, 2.45) is 0 Å². The number of hydrogen-bond acceptors (Lipinski definition) is 1. The van der Waals surface area contributed by atoms with Crippen LogP contribution in [-0.4, -0.2) is 0 Å². The van der Waals surface area contributed by atoms with Crippen LogP contribution in [0.1, 0.15) is 25.0 Å². The van der Waals surface area contributed by atoms with Gasteiger partial charge in [0.2, 0.25) is 0 Å². The Morgan fingerprint density at radius 3 is 2.21 bits per heavy atom. The van der Waals surface area contributed by atoms with Crippen LogP contribution >= 0.6 is 11.8 Å². The molecule has 1 heteroatoms. The van der Waals surface area contributed by atoms with Crippen LogP contribution in [0, 0.1) is 6.92 Å². The van der Waals surface area contributed by atoms with Crippen molar-refractivity contribution < 1.29 is 0 Å². The van der Waals surface area contributed by atoms with Crippen LogP contribution in [0.2, 0.25) is 0 Å². The highest BCUT2D eigenvalue weighted by atomic mass is 32.2. The predicted molar refractivity (Wildman–Crippen MR) is 67.2 cm³/mol. The summed E-state index contributed by atoms with van der Waals surface area (Å²) in [6, 6.07) is 8.60. The Morgan fingerprint density at radius 2 is 1.79 bits per heavy atom. The van der Waals surface area contributed by atoms with Crippen LogP contribution < -0.4 is 0 Å². The Morgan fingerprint density at radius 1 is 1.21 bits per heavy atom. The fourth-order valence-corrected chi connectivity index (χ4v) is 1.94. The molecule has 14 heavy (non-hydrogen) atoms. The van der Waals surface area contributed by atoms with Gasteiger partial charge in [0.05, 0.1) is 0 Å². The molecular weight excluding hydrogens is 188 g/mol. The minimum atomic E-state index is 1.28. The van der Waals surface area contributed by atoms with Crippen molar-refractivity contribution in [2.45, 2.75) is 20.8 Å². The van der Waals surface area contributed by atoms with E-state index in [9.17, 15) is 0 Å². The standard InChI is InChI=1S/C13H16S/c1-5-14-13(10(2)3)12-8-6-11(4)7-9-12/h5-9H,1H2,2-4H3. The van der Waals surface area contributed by atoms with Gasteiger partial charge in [0.25, 0.3) is 0 Å². The van der Waals surface area contributed by atoms with Crippen LogP contribution in [0.25, 0.3) is 4.91 Å². The summed E-state index contributed by atoms with van der Waals surface area (Å²) in [5.74, 6) is 0. The molecule has 0 unspecified atom stereocenters. The van der Waals surface area contributed by atoms with Crippen molar-refractivity contribution in [3.05, 3.63) is 53.0 Å². The molecule has 0 aliphatic rings. The summed E-state index contributed by atoms with van der Waals surface area (Å²) in [5, 5.41) is 1.88. The molecule has 0 bridgehead atoms. The van der Waals surface area contributed by atoms with Gasteiger partial charge in [0.1, 0.15) is 0 Å². The Bertz CT molecular complexity index is 340. The zero-order valence-corrected chi connectivity index (χ0v) is 9.82. The fourth-order valence-electron chi connectivity index (χ4n) is 1.26. The maximum absolute atomic E-state index is 3.75. The van der Waals surface area contributed by atoms with Gasteiger partial charge >= 0.3 is 0 Å². The maximum Gasteiger partial charge on any atom is 0.0175 e. The first-order chi connectivity index (χ1) is 6.65. The second-order valence-electron chi connectivity index (χ2n) is 3.48. The number of rotatable bonds is 3. The number of allylic oxidation sites excluding steroid dienone is 1. The van der Waals surface area contributed by atoms with E-state index in [2.05, 4.69) is 51.6 Å². The predicted octanol–water partition coefficient (Wildman–Crippen LogP) is 4.62. The first kappa shape index (κ1) is 11.1. The summed E-state index contributed by atoms with van der Waals surface area (Å²) in [7, 11) is 0. The van der Waals surface area contributed by atoms with Gasteiger partial charge in [0.15, 0.2) is 0 Å². The van der Waals surface area contributed by atoms with Crippen LogP contribution in [0.5, 0.6) is 0 Å². The lowest BCUT2D eigenvalue weighted by molar-refractivity contribution is 1.40. The second-order valence-corrected chi connectivity index (χ2v) is 4.46. The van der Waals surface area contributed by atoms with Gasteiger partial charge in [-0.3, -0.25) is 0 Å². The van der Waals surface area contributed by atoms with Crippen molar-refractivity contribution in [1.29, 1.82) is 0 Å². The Labute approximate surface area is 90.7 Å². The Hall–Kier alpha value is -0.950. The third kappa shape index (κ3) is 2.78. The van der Waals surface area contributed by atoms with Gasteiger partial charge in [-0.05, 0) is 31.7 Å². The molecule has 0 saturated heterocycles. The van der Waals surface area contributed by atoms with Gasteiger partial charge in [-0.15, -0.1) is 0 Å². The molecule has 1 aromatic carbocycles. The summed E-state index contributed by atoms with van der Waals surface area (Å²) in [5.41, 5.74) is 3.91. The maximum atomic E-state index is 3.75. The topological polar surface area (TPSA) is 0 Å². The Balaban J connectivity index is 3.07. The summed E-state index contributed by atoms with van der Waals surface area (Å²) >= 11 is 1.69. The first-order valence-corrected chi connectivity index (χ1v) is 5.55. The van der Waals surface area contributed by atoms with Crippen LogP contribution in [0.3, 0.4) is 0 Å². The lowest BCUT2D eigenvalue weighted by atomic mass is 10.1. The van der Waals surface area contributed by atoms with E-state index in [0.29, 0.717) is 0 Å². The molecule has 0 fully saturated rings. The minimum Gasteiger partial charge on any atom is -0.0981 e. The molecule has 74 valence electrons. The largest absolute Gasteiger partial charge is 0.0981 e. The van der Waals surface area contributed by atoms with E-state index < -0.39 is 0 Å². The summed E-state index contributed by atoms with van der Waals surface area (Å²) in [6.07, 6.45) is 0. The molecule has 0 saturated carbocycles. The van der Waals surface area contributed by atoms with Crippen LogP contribution in [0.4, 0.5) is 0 Å².